The molecule has 0 aliphatic carbocycles. The zero-order chi connectivity index (χ0) is 20.7. The number of hydrogen-bond donors (Lipinski definition) is 1. The minimum Gasteiger partial charge on any atom is -0.493 e. The highest BCUT2D eigenvalue weighted by Gasteiger charge is 2.24. The van der Waals surface area contributed by atoms with Crippen LogP contribution >= 0.6 is 0 Å². The van der Waals surface area contributed by atoms with E-state index in [0.29, 0.717) is 6.61 Å². The van der Waals surface area contributed by atoms with Crippen LogP contribution in [0.5, 0.6) is 11.5 Å². The molecule has 8 nitrogen and oxygen atoms in total. The maximum atomic E-state index is 12.6. The molecule has 1 amide bonds. The number of amides is 1. The molecule has 2 aromatic rings. The van der Waals surface area contributed by atoms with Crippen LogP contribution in [0.1, 0.15) is 28.4 Å². The predicted octanol–water partition coefficient (Wildman–Crippen LogP) is 2.99. The quantitative estimate of drug-likeness (QED) is 0.525. The molecule has 150 valence electrons. The van der Waals surface area contributed by atoms with Gasteiger partial charge in [-0.3, -0.25) is 14.9 Å². The summed E-state index contributed by atoms with van der Waals surface area (Å²) < 4.78 is 10.6. The van der Waals surface area contributed by atoms with Crippen molar-refractivity contribution in [2.75, 3.05) is 27.8 Å². The van der Waals surface area contributed by atoms with E-state index in [2.05, 4.69) is 10.2 Å². The van der Waals surface area contributed by atoms with Crippen LogP contribution in [0.2, 0.25) is 0 Å². The second-order valence-corrected chi connectivity index (χ2v) is 6.45. The molecule has 0 spiro atoms. The van der Waals surface area contributed by atoms with Crippen LogP contribution in [0.25, 0.3) is 0 Å². The summed E-state index contributed by atoms with van der Waals surface area (Å²) >= 11 is 0. The van der Waals surface area contributed by atoms with Gasteiger partial charge < -0.3 is 19.7 Å². The highest BCUT2D eigenvalue weighted by atomic mass is 16.6. The molecule has 2 aromatic carbocycles. The molecule has 1 N–H and O–H groups in total. The molecular weight excluding hydrogens is 362 g/mol. The number of nitro groups is 1. The summed E-state index contributed by atoms with van der Waals surface area (Å²) in [6, 6.07) is 10.4. The minimum absolute atomic E-state index is 0.0709. The molecule has 0 atom stereocenters. The van der Waals surface area contributed by atoms with Crippen LogP contribution in [-0.4, -0.2) is 43.5 Å². The number of nitrogens with one attached hydrogen (secondary N) is 1. The van der Waals surface area contributed by atoms with Crippen molar-refractivity contribution in [3.8, 4) is 11.5 Å². The van der Waals surface area contributed by atoms with Crippen LogP contribution < -0.4 is 14.8 Å². The van der Waals surface area contributed by atoms with E-state index in [0.717, 1.165) is 17.7 Å². The first-order chi connectivity index (χ1) is 13.3. The van der Waals surface area contributed by atoms with Crippen molar-refractivity contribution >= 4 is 11.6 Å². The Bertz CT molecular complexity index is 834. The maximum absolute atomic E-state index is 12.6. The average Bonchev–Trinajstić information content (AvgIpc) is 2.66. The van der Waals surface area contributed by atoms with Gasteiger partial charge in [0.15, 0.2) is 11.5 Å². The summed E-state index contributed by atoms with van der Waals surface area (Å²) in [5, 5.41) is 14.1. The summed E-state index contributed by atoms with van der Waals surface area (Å²) in [4.78, 5) is 25.4. The van der Waals surface area contributed by atoms with Crippen molar-refractivity contribution in [3.63, 3.8) is 0 Å². The van der Waals surface area contributed by atoms with Gasteiger partial charge in [-0.2, -0.15) is 0 Å². The Balaban J connectivity index is 2.18. The number of ether oxygens (including phenoxy) is 2. The van der Waals surface area contributed by atoms with Crippen molar-refractivity contribution in [1.29, 1.82) is 0 Å². The number of nitrogens with zero attached hydrogens (tertiary/aromatic N) is 2. The zero-order valence-electron chi connectivity index (χ0n) is 16.5. The summed E-state index contributed by atoms with van der Waals surface area (Å²) in [5.74, 6) is -0.0527. The second-order valence-electron chi connectivity index (χ2n) is 6.45. The topological polar surface area (TPSA) is 93.9 Å². The van der Waals surface area contributed by atoms with E-state index in [1.807, 2.05) is 38.4 Å². The molecule has 0 unspecified atom stereocenters. The predicted molar refractivity (Wildman–Crippen MR) is 106 cm³/mol. The molecule has 0 fully saturated rings. The molecule has 2 rings (SSSR count). The first-order valence-electron chi connectivity index (χ1n) is 8.85. The Morgan fingerprint density at radius 1 is 1.14 bits per heavy atom. The lowest BCUT2D eigenvalue weighted by atomic mass is 10.1. The number of carbonyl (C=O) groups is 1. The Morgan fingerprint density at radius 2 is 1.79 bits per heavy atom. The molecule has 8 heteroatoms. The van der Waals surface area contributed by atoms with Crippen molar-refractivity contribution in [1.82, 2.24) is 10.2 Å². The van der Waals surface area contributed by atoms with Gasteiger partial charge in [-0.25, -0.2) is 0 Å². The van der Waals surface area contributed by atoms with Gasteiger partial charge in [0.1, 0.15) is 5.56 Å². The van der Waals surface area contributed by atoms with Crippen molar-refractivity contribution < 1.29 is 19.2 Å². The fourth-order valence-corrected chi connectivity index (χ4v) is 2.72. The standard InChI is InChI=1S/C20H25N3O5/c1-5-28-19-10-16(17(23(25)26)11-18(19)27-4)20(24)21-12-14-6-8-15(9-7-14)13-22(2)3/h6-11H,5,12-13H2,1-4H3,(H,21,24). The zero-order valence-corrected chi connectivity index (χ0v) is 16.5. The number of hydrogen-bond acceptors (Lipinski definition) is 6. The van der Waals surface area contributed by atoms with Crippen LogP contribution in [-0.2, 0) is 13.1 Å². The summed E-state index contributed by atoms with van der Waals surface area (Å²) in [5.41, 5.74) is 1.65. The number of nitro benzene ring substituents is 1. The van der Waals surface area contributed by atoms with Gasteiger partial charge in [0.05, 0.1) is 24.7 Å². The monoisotopic (exact) mass is 387 g/mol. The normalized spacial score (nSPS) is 10.6. The Morgan fingerprint density at radius 3 is 2.32 bits per heavy atom. The summed E-state index contributed by atoms with van der Waals surface area (Å²) in [7, 11) is 5.38. The van der Waals surface area contributed by atoms with E-state index in [1.165, 1.54) is 19.2 Å². The lowest BCUT2D eigenvalue weighted by molar-refractivity contribution is -0.385. The Kier molecular flexibility index (Phi) is 7.34. The molecule has 0 heterocycles. The van der Waals surface area contributed by atoms with Crippen LogP contribution in [0, 0.1) is 10.1 Å². The van der Waals surface area contributed by atoms with Crippen molar-refractivity contribution in [2.45, 2.75) is 20.0 Å². The van der Waals surface area contributed by atoms with Crippen LogP contribution in [0.15, 0.2) is 36.4 Å². The Hall–Kier alpha value is -3.13. The summed E-state index contributed by atoms with van der Waals surface area (Å²) in [6.45, 7) is 3.20. The van der Waals surface area contributed by atoms with Crippen molar-refractivity contribution in [3.05, 3.63) is 63.2 Å². The largest absolute Gasteiger partial charge is 0.493 e. The van der Waals surface area contributed by atoms with E-state index < -0.39 is 10.8 Å². The van der Waals surface area contributed by atoms with Gasteiger partial charge in [-0.05, 0) is 32.1 Å². The Labute approximate surface area is 164 Å². The van der Waals surface area contributed by atoms with Gasteiger partial charge in [0, 0.05) is 19.2 Å². The van der Waals surface area contributed by atoms with Gasteiger partial charge >= 0.3 is 0 Å². The molecule has 28 heavy (non-hydrogen) atoms. The average molecular weight is 387 g/mol. The van der Waals surface area contributed by atoms with Gasteiger partial charge in [0.2, 0.25) is 0 Å². The van der Waals surface area contributed by atoms with Crippen LogP contribution in [0.4, 0.5) is 5.69 Å². The van der Waals surface area contributed by atoms with Crippen molar-refractivity contribution in [2.24, 2.45) is 0 Å². The highest BCUT2D eigenvalue weighted by molar-refractivity contribution is 5.99. The molecule has 0 aliphatic rings. The molecular formula is C20H25N3O5. The third-order valence-corrected chi connectivity index (χ3v) is 4.00. The van der Waals surface area contributed by atoms with Gasteiger partial charge in [0.25, 0.3) is 11.6 Å². The number of benzene rings is 2. The lowest BCUT2D eigenvalue weighted by Crippen LogP contribution is -2.24. The van der Waals surface area contributed by atoms with E-state index in [9.17, 15) is 14.9 Å². The van der Waals surface area contributed by atoms with Gasteiger partial charge in [-0.1, -0.05) is 24.3 Å². The smallest absolute Gasteiger partial charge is 0.286 e. The second kappa shape index (κ2) is 9.70. The van der Waals surface area contributed by atoms with E-state index in [1.54, 1.807) is 6.92 Å². The molecule has 0 saturated carbocycles. The van der Waals surface area contributed by atoms with E-state index in [4.69, 9.17) is 9.47 Å². The molecule has 0 saturated heterocycles. The van der Waals surface area contributed by atoms with Gasteiger partial charge in [-0.15, -0.1) is 0 Å². The molecule has 0 radical (unpaired) electrons. The molecule has 0 aromatic heterocycles. The van der Waals surface area contributed by atoms with E-state index in [-0.39, 0.29) is 29.3 Å². The van der Waals surface area contributed by atoms with E-state index >= 15 is 0 Å². The molecule has 0 bridgehead atoms. The SMILES string of the molecule is CCOc1cc(C(=O)NCc2ccc(CN(C)C)cc2)c([N+](=O)[O-])cc1OC. The lowest BCUT2D eigenvalue weighted by Gasteiger charge is -2.12. The first-order valence-corrected chi connectivity index (χ1v) is 8.85. The minimum atomic E-state index is -0.608. The maximum Gasteiger partial charge on any atom is 0.286 e. The van der Waals surface area contributed by atoms with Crippen LogP contribution in [0.3, 0.4) is 0 Å². The number of rotatable bonds is 9. The first kappa shape index (κ1) is 21.2. The number of carbonyl (C=O) groups excluding carboxylic acids is 1. The fourth-order valence-electron chi connectivity index (χ4n) is 2.72. The fraction of sp³-hybridized carbons (Fsp3) is 0.350. The third kappa shape index (κ3) is 5.43. The third-order valence-electron chi connectivity index (χ3n) is 4.00. The highest BCUT2D eigenvalue weighted by Crippen LogP contribution is 2.34. The number of methoxy groups -OCH3 is 1. The molecule has 0 aliphatic heterocycles. The summed E-state index contributed by atoms with van der Waals surface area (Å²) in [6.07, 6.45) is 0.